The van der Waals surface area contributed by atoms with Gasteiger partial charge in [0, 0.05) is 11.6 Å². The topological polar surface area (TPSA) is 101 Å². The fourth-order valence-electron chi connectivity index (χ4n) is 3.91. The second-order valence-corrected chi connectivity index (χ2v) is 9.18. The Morgan fingerprint density at radius 3 is 2.76 bits per heavy atom. The molecule has 1 saturated carbocycles. The highest BCUT2D eigenvalue weighted by Gasteiger charge is 2.30. The molecule has 1 fully saturated rings. The molecule has 0 radical (unpaired) electrons. The summed E-state index contributed by atoms with van der Waals surface area (Å²) in [5.74, 6) is -0.0383. The lowest BCUT2D eigenvalue weighted by Gasteiger charge is -2.12. The summed E-state index contributed by atoms with van der Waals surface area (Å²) in [5, 5.41) is 8.93. The lowest BCUT2D eigenvalue weighted by atomic mass is 10.1. The van der Waals surface area contributed by atoms with Gasteiger partial charge in [0.1, 0.15) is 11.5 Å². The summed E-state index contributed by atoms with van der Waals surface area (Å²) < 4.78 is 11.0. The molecule has 1 aromatic heterocycles. The van der Waals surface area contributed by atoms with Gasteiger partial charge in [0.15, 0.2) is 0 Å². The summed E-state index contributed by atoms with van der Waals surface area (Å²) in [7, 11) is 0. The summed E-state index contributed by atoms with van der Waals surface area (Å²) in [6.45, 7) is 3.72. The highest BCUT2D eigenvalue weighted by atomic mass is 35.5. The first-order valence-corrected chi connectivity index (χ1v) is 12.3. The molecule has 9 heteroatoms. The van der Waals surface area contributed by atoms with E-state index in [-0.39, 0.29) is 24.5 Å². The van der Waals surface area contributed by atoms with Crippen LogP contribution in [0.5, 0.6) is 0 Å². The van der Waals surface area contributed by atoms with Gasteiger partial charge in [-0.2, -0.15) is 10.1 Å². The van der Waals surface area contributed by atoms with Crippen LogP contribution in [0.2, 0.25) is 5.02 Å². The second-order valence-electron chi connectivity index (χ2n) is 8.78. The summed E-state index contributed by atoms with van der Waals surface area (Å²) in [6, 6.07) is 15.4. The Morgan fingerprint density at radius 2 is 2.00 bits per heavy atom. The number of ether oxygens (including phenoxy) is 1. The van der Waals surface area contributed by atoms with Crippen molar-refractivity contribution in [2.75, 3.05) is 11.6 Å². The van der Waals surface area contributed by atoms with E-state index in [9.17, 15) is 14.4 Å². The SMILES string of the molecule is CCOC(=O)c1cccc(N2N=C(C)/C(=C/c3ccc(-c4ccc(Cl)c(C(=O)NC5CC5)c4)o3)C2=O)c1. The maximum absolute atomic E-state index is 13.2. The average Bonchev–Trinajstić information content (AvgIpc) is 3.50. The third-order valence-corrected chi connectivity index (χ3v) is 6.32. The number of hydrogen-bond donors (Lipinski definition) is 1. The molecule has 2 amide bonds. The number of halogens is 1. The fourth-order valence-corrected chi connectivity index (χ4v) is 4.11. The molecular weight excluding hydrogens is 494 g/mol. The third kappa shape index (κ3) is 5.20. The molecule has 0 saturated heterocycles. The molecule has 5 rings (SSSR count). The second kappa shape index (κ2) is 10.1. The number of benzene rings is 2. The van der Waals surface area contributed by atoms with E-state index in [0.717, 1.165) is 12.8 Å². The molecule has 3 aromatic rings. The molecule has 2 heterocycles. The Morgan fingerprint density at radius 1 is 1.19 bits per heavy atom. The highest BCUT2D eigenvalue weighted by molar-refractivity contribution is 6.34. The predicted octanol–water partition coefficient (Wildman–Crippen LogP) is 5.48. The first-order chi connectivity index (χ1) is 17.8. The van der Waals surface area contributed by atoms with E-state index in [1.807, 2.05) is 0 Å². The number of furan rings is 1. The van der Waals surface area contributed by atoms with Crippen molar-refractivity contribution in [2.45, 2.75) is 32.7 Å². The molecule has 2 aliphatic rings. The average molecular weight is 518 g/mol. The van der Waals surface area contributed by atoms with E-state index >= 15 is 0 Å². The zero-order valence-electron chi connectivity index (χ0n) is 20.3. The van der Waals surface area contributed by atoms with Crippen molar-refractivity contribution in [1.82, 2.24) is 5.32 Å². The van der Waals surface area contributed by atoms with E-state index < -0.39 is 5.97 Å². The molecule has 188 valence electrons. The monoisotopic (exact) mass is 517 g/mol. The van der Waals surface area contributed by atoms with Crippen molar-refractivity contribution in [3.63, 3.8) is 0 Å². The van der Waals surface area contributed by atoms with Crippen LogP contribution in [0.25, 0.3) is 17.4 Å². The summed E-state index contributed by atoms with van der Waals surface area (Å²) in [5.41, 5.74) is 2.74. The molecule has 0 spiro atoms. The molecule has 2 aromatic carbocycles. The van der Waals surface area contributed by atoms with Gasteiger partial charge in [0.05, 0.1) is 39.7 Å². The van der Waals surface area contributed by atoms with Crippen molar-refractivity contribution in [2.24, 2.45) is 5.10 Å². The number of esters is 1. The standard InChI is InChI=1S/C28H24ClN3O5/c1-3-36-28(35)18-5-4-6-20(13-18)32-27(34)22(16(2)31-32)15-21-10-12-25(37-21)17-7-11-24(29)23(14-17)26(33)30-19-8-9-19/h4-7,10-15,19H,3,8-9H2,1-2H3,(H,30,33)/b22-15-. The van der Waals surface area contributed by atoms with Gasteiger partial charge in [-0.3, -0.25) is 9.59 Å². The molecule has 1 aliphatic carbocycles. The summed E-state index contributed by atoms with van der Waals surface area (Å²) >= 11 is 6.26. The Hall–Kier alpha value is -4.17. The van der Waals surface area contributed by atoms with E-state index in [2.05, 4.69) is 10.4 Å². The largest absolute Gasteiger partial charge is 0.462 e. The van der Waals surface area contributed by atoms with Gasteiger partial charge in [-0.25, -0.2) is 4.79 Å². The molecule has 0 bridgehead atoms. The lowest BCUT2D eigenvalue weighted by molar-refractivity contribution is -0.114. The Labute approximate surface area is 218 Å². The number of hydrogen-bond acceptors (Lipinski definition) is 6. The minimum atomic E-state index is -0.467. The van der Waals surface area contributed by atoms with Gasteiger partial charge in [0.25, 0.3) is 11.8 Å². The molecular formula is C28H24ClN3O5. The molecule has 0 atom stereocenters. The first kappa shape index (κ1) is 24.5. The van der Waals surface area contributed by atoms with Crippen LogP contribution in [0.15, 0.2) is 69.7 Å². The van der Waals surface area contributed by atoms with Gasteiger partial charge in [-0.05, 0) is 81.3 Å². The molecule has 1 N–H and O–H groups in total. The molecule has 8 nitrogen and oxygen atoms in total. The minimum Gasteiger partial charge on any atom is -0.462 e. The number of carbonyl (C=O) groups is 3. The van der Waals surface area contributed by atoms with Crippen molar-refractivity contribution >= 4 is 46.9 Å². The zero-order chi connectivity index (χ0) is 26.1. The molecule has 0 unspecified atom stereocenters. The Balaban J connectivity index is 1.37. The van der Waals surface area contributed by atoms with Crippen LogP contribution < -0.4 is 10.3 Å². The zero-order valence-corrected chi connectivity index (χ0v) is 21.0. The number of carbonyl (C=O) groups excluding carboxylic acids is 3. The van der Waals surface area contributed by atoms with Gasteiger partial charge in [-0.1, -0.05) is 17.7 Å². The van der Waals surface area contributed by atoms with Crippen LogP contribution in [0.1, 0.15) is 53.2 Å². The number of nitrogens with one attached hydrogen (secondary N) is 1. The van der Waals surface area contributed by atoms with E-state index in [1.165, 1.54) is 5.01 Å². The maximum Gasteiger partial charge on any atom is 0.338 e. The fraction of sp³-hybridized carbons (Fsp3) is 0.214. The highest BCUT2D eigenvalue weighted by Crippen LogP contribution is 2.30. The minimum absolute atomic E-state index is 0.209. The van der Waals surface area contributed by atoms with Crippen molar-refractivity contribution < 1.29 is 23.5 Å². The lowest BCUT2D eigenvalue weighted by Crippen LogP contribution is -2.25. The molecule has 37 heavy (non-hydrogen) atoms. The van der Waals surface area contributed by atoms with Crippen molar-refractivity contribution in [3.05, 3.63) is 82.1 Å². The van der Waals surface area contributed by atoms with Gasteiger partial charge in [-0.15, -0.1) is 0 Å². The van der Waals surface area contributed by atoms with Crippen LogP contribution in [-0.4, -0.2) is 36.1 Å². The Kier molecular flexibility index (Phi) is 6.67. The van der Waals surface area contributed by atoms with Crippen LogP contribution in [0.4, 0.5) is 5.69 Å². The first-order valence-electron chi connectivity index (χ1n) is 11.9. The quantitative estimate of drug-likeness (QED) is 0.330. The van der Waals surface area contributed by atoms with Crippen LogP contribution in [0, 0.1) is 0 Å². The Bertz CT molecular complexity index is 1470. The summed E-state index contributed by atoms with van der Waals surface area (Å²) in [4.78, 5) is 37.8. The van der Waals surface area contributed by atoms with Crippen LogP contribution in [-0.2, 0) is 9.53 Å². The number of hydrazone groups is 1. The van der Waals surface area contributed by atoms with Crippen LogP contribution in [0.3, 0.4) is 0 Å². The molecule has 1 aliphatic heterocycles. The maximum atomic E-state index is 13.2. The van der Waals surface area contributed by atoms with E-state index in [4.69, 9.17) is 20.8 Å². The third-order valence-electron chi connectivity index (χ3n) is 5.99. The normalized spacial score (nSPS) is 16.2. The van der Waals surface area contributed by atoms with Gasteiger partial charge >= 0.3 is 5.97 Å². The smallest absolute Gasteiger partial charge is 0.338 e. The van der Waals surface area contributed by atoms with E-state index in [1.54, 1.807) is 74.5 Å². The number of nitrogens with zero attached hydrogens (tertiary/aromatic N) is 2. The van der Waals surface area contributed by atoms with Crippen molar-refractivity contribution in [3.8, 4) is 11.3 Å². The van der Waals surface area contributed by atoms with Gasteiger partial charge < -0.3 is 14.5 Å². The number of amides is 2. The number of rotatable bonds is 7. The predicted molar refractivity (Wildman–Crippen MR) is 141 cm³/mol. The van der Waals surface area contributed by atoms with E-state index in [0.29, 0.717) is 50.2 Å². The van der Waals surface area contributed by atoms with Crippen molar-refractivity contribution in [1.29, 1.82) is 0 Å². The summed E-state index contributed by atoms with van der Waals surface area (Å²) in [6.07, 6.45) is 3.58. The number of anilines is 1. The van der Waals surface area contributed by atoms with Gasteiger partial charge in [0.2, 0.25) is 0 Å². The van der Waals surface area contributed by atoms with Crippen LogP contribution >= 0.6 is 11.6 Å².